The number of nitrogens with one attached hydrogen (secondary N) is 1. The highest BCUT2D eigenvalue weighted by molar-refractivity contribution is 7.89. The van der Waals surface area contributed by atoms with Crippen LogP contribution < -0.4 is 5.32 Å². The molecular formula is C18H28ClN3O3S. The summed E-state index contributed by atoms with van der Waals surface area (Å²) < 4.78 is 26.9. The van der Waals surface area contributed by atoms with Crippen LogP contribution in [0.5, 0.6) is 0 Å². The molecule has 26 heavy (non-hydrogen) atoms. The Morgan fingerprint density at radius 1 is 1.19 bits per heavy atom. The first-order valence-electron chi connectivity index (χ1n) is 8.99. The maximum Gasteiger partial charge on any atom is 0.254 e. The van der Waals surface area contributed by atoms with E-state index in [9.17, 15) is 13.2 Å². The zero-order chi connectivity index (χ0) is 18.2. The molecule has 8 heteroatoms. The molecule has 2 atom stereocenters. The minimum absolute atomic E-state index is 0. The molecule has 1 N–H and O–H groups in total. The zero-order valence-corrected chi connectivity index (χ0v) is 17.2. The first-order chi connectivity index (χ1) is 11.9. The van der Waals surface area contributed by atoms with Gasteiger partial charge in [-0.05, 0) is 36.5 Å². The molecule has 0 unspecified atom stereocenters. The molecule has 0 aromatic heterocycles. The molecule has 6 nitrogen and oxygen atoms in total. The van der Waals surface area contributed by atoms with Crippen LogP contribution >= 0.6 is 12.4 Å². The van der Waals surface area contributed by atoms with E-state index < -0.39 is 10.0 Å². The predicted molar refractivity (Wildman–Crippen MR) is 104 cm³/mol. The number of halogens is 1. The molecule has 1 amide bonds. The minimum Gasteiger partial charge on any atom is -0.338 e. The van der Waals surface area contributed by atoms with Gasteiger partial charge in [0.1, 0.15) is 0 Å². The molecule has 146 valence electrons. The molecule has 2 fully saturated rings. The van der Waals surface area contributed by atoms with Gasteiger partial charge in [-0.15, -0.1) is 12.4 Å². The van der Waals surface area contributed by atoms with Gasteiger partial charge in [0.15, 0.2) is 0 Å². The Labute approximate surface area is 162 Å². The van der Waals surface area contributed by atoms with Gasteiger partial charge in [-0.25, -0.2) is 8.42 Å². The highest BCUT2D eigenvalue weighted by atomic mass is 35.5. The predicted octanol–water partition coefficient (Wildman–Crippen LogP) is 1.74. The molecule has 2 heterocycles. The summed E-state index contributed by atoms with van der Waals surface area (Å²) in [6.45, 7) is 9.76. The fourth-order valence-electron chi connectivity index (χ4n) is 3.90. The summed E-state index contributed by atoms with van der Waals surface area (Å²) in [6.07, 6.45) is 0. The van der Waals surface area contributed by atoms with Crippen molar-refractivity contribution < 1.29 is 13.2 Å². The van der Waals surface area contributed by atoms with Crippen LogP contribution in [0.3, 0.4) is 0 Å². The fourth-order valence-corrected chi connectivity index (χ4v) is 5.38. The maximum atomic E-state index is 13.0. The third-order valence-electron chi connectivity index (χ3n) is 5.46. The van der Waals surface area contributed by atoms with Crippen LogP contribution in [0, 0.1) is 18.8 Å². The number of aryl methyl sites for hydroxylation is 1. The molecule has 0 bridgehead atoms. The standard InChI is InChI=1S/C18H27N3O3S.ClH/c1-4-21(5-2)25(23,24)16-7-6-13(3)17(8-16)18(22)20-11-14-9-19-10-15(14)12-20;/h6-8,14-15,19H,4-5,9-12H2,1-3H3;1H/t14-,15+;. The smallest absolute Gasteiger partial charge is 0.254 e. The lowest BCUT2D eigenvalue weighted by Gasteiger charge is -2.21. The molecule has 0 saturated carbocycles. The van der Waals surface area contributed by atoms with Crippen molar-refractivity contribution in [2.45, 2.75) is 25.7 Å². The van der Waals surface area contributed by atoms with Gasteiger partial charge >= 0.3 is 0 Å². The summed E-state index contributed by atoms with van der Waals surface area (Å²) in [4.78, 5) is 15.1. The van der Waals surface area contributed by atoms with Gasteiger partial charge in [0.05, 0.1) is 4.90 Å². The van der Waals surface area contributed by atoms with Gasteiger partial charge in [-0.1, -0.05) is 19.9 Å². The second-order valence-electron chi connectivity index (χ2n) is 6.95. The first-order valence-corrected chi connectivity index (χ1v) is 10.4. The number of rotatable bonds is 5. The lowest BCUT2D eigenvalue weighted by Crippen LogP contribution is -2.33. The van der Waals surface area contributed by atoms with Crippen LogP contribution in [0.2, 0.25) is 0 Å². The van der Waals surface area contributed by atoms with E-state index in [-0.39, 0.29) is 23.2 Å². The highest BCUT2D eigenvalue weighted by Crippen LogP contribution is 2.29. The molecule has 3 rings (SSSR count). The maximum absolute atomic E-state index is 13.0. The van der Waals surface area contributed by atoms with Gasteiger partial charge in [-0.2, -0.15) is 4.31 Å². The van der Waals surface area contributed by atoms with Gasteiger partial charge in [0.25, 0.3) is 5.91 Å². The molecule has 0 spiro atoms. The number of sulfonamides is 1. The largest absolute Gasteiger partial charge is 0.338 e. The summed E-state index contributed by atoms with van der Waals surface area (Å²) in [5.41, 5.74) is 1.32. The molecular weight excluding hydrogens is 374 g/mol. The third-order valence-corrected chi connectivity index (χ3v) is 7.51. The quantitative estimate of drug-likeness (QED) is 0.815. The molecule has 1 aromatic carbocycles. The van der Waals surface area contributed by atoms with Crippen molar-refractivity contribution in [3.8, 4) is 0 Å². The summed E-state index contributed by atoms with van der Waals surface area (Å²) in [7, 11) is -3.56. The molecule has 2 saturated heterocycles. The fraction of sp³-hybridized carbons (Fsp3) is 0.611. The monoisotopic (exact) mass is 401 g/mol. The first kappa shape index (κ1) is 21.2. The van der Waals surface area contributed by atoms with E-state index in [1.807, 2.05) is 25.7 Å². The van der Waals surface area contributed by atoms with Gasteiger partial charge in [-0.3, -0.25) is 4.79 Å². The van der Waals surface area contributed by atoms with E-state index in [0.717, 1.165) is 31.7 Å². The second kappa shape index (κ2) is 8.25. The average molecular weight is 402 g/mol. The van der Waals surface area contributed by atoms with Crippen molar-refractivity contribution in [2.24, 2.45) is 11.8 Å². The van der Waals surface area contributed by atoms with E-state index in [2.05, 4.69) is 5.32 Å². The second-order valence-corrected chi connectivity index (χ2v) is 8.89. The van der Waals surface area contributed by atoms with Crippen LogP contribution in [-0.2, 0) is 10.0 Å². The van der Waals surface area contributed by atoms with Crippen LogP contribution in [0.15, 0.2) is 23.1 Å². The van der Waals surface area contributed by atoms with Crippen molar-refractivity contribution in [3.63, 3.8) is 0 Å². The van der Waals surface area contributed by atoms with Crippen LogP contribution in [-0.4, -0.2) is 62.8 Å². The summed E-state index contributed by atoms with van der Waals surface area (Å²) in [5, 5.41) is 3.37. The van der Waals surface area contributed by atoms with E-state index in [1.165, 1.54) is 4.31 Å². The average Bonchev–Trinajstić information content (AvgIpc) is 3.17. The van der Waals surface area contributed by atoms with Crippen LogP contribution in [0.4, 0.5) is 0 Å². The van der Waals surface area contributed by atoms with Crippen LogP contribution in [0.25, 0.3) is 0 Å². The van der Waals surface area contributed by atoms with Crippen molar-refractivity contribution in [2.75, 3.05) is 39.3 Å². The summed E-state index contributed by atoms with van der Waals surface area (Å²) in [6, 6.07) is 4.89. The van der Waals surface area contributed by atoms with Crippen molar-refractivity contribution in [3.05, 3.63) is 29.3 Å². The Hall–Kier alpha value is -1.15. The number of carbonyl (C=O) groups is 1. The number of amides is 1. The van der Waals surface area contributed by atoms with Gasteiger partial charge < -0.3 is 10.2 Å². The number of carbonyl (C=O) groups excluding carboxylic acids is 1. The number of nitrogens with zero attached hydrogens (tertiary/aromatic N) is 2. The Morgan fingerprint density at radius 2 is 1.77 bits per heavy atom. The molecule has 0 radical (unpaired) electrons. The number of hydrogen-bond donors (Lipinski definition) is 1. The molecule has 0 aliphatic carbocycles. The minimum atomic E-state index is -3.56. The molecule has 2 aliphatic heterocycles. The Morgan fingerprint density at radius 3 is 2.31 bits per heavy atom. The van der Waals surface area contributed by atoms with Gasteiger partial charge in [0.2, 0.25) is 10.0 Å². The summed E-state index contributed by atoms with van der Waals surface area (Å²) in [5.74, 6) is 0.988. The summed E-state index contributed by atoms with van der Waals surface area (Å²) >= 11 is 0. The Kier molecular flexibility index (Phi) is 6.71. The van der Waals surface area contributed by atoms with Crippen LogP contribution in [0.1, 0.15) is 29.8 Å². The Balaban J connectivity index is 0.00000243. The number of hydrogen-bond acceptors (Lipinski definition) is 4. The highest BCUT2D eigenvalue weighted by Gasteiger charge is 2.38. The number of fused-ring (bicyclic) bond motifs is 1. The van der Waals surface area contributed by atoms with E-state index >= 15 is 0 Å². The van der Waals surface area contributed by atoms with E-state index in [1.54, 1.807) is 18.2 Å². The lowest BCUT2D eigenvalue weighted by molar-refractivity contribution is 0.0780. The zero-order valence-electron chi connectivity index (χ0n) is 15.6. The van der Waals surface area contributed by atoms with Crippen molar-refractivity contribution in [1.82, 2.24) is 14.5 Å². The molecule has 1 aromatic rings. The Bertz CT molecular complexity index is 753. The topological polar surface area (TPSA) is 69.7 Å². The third kappa shape index (κ3) is 3.76. The van der Waals surface area contributed by atoms with Crippen molar-refractivity contribution in [1.29, 1.82) is 0 Å². The molecule has 2 aliphatic rings. The van der Waals surface area contributed by atoms with E-state index in [4.69, 9.17) is 0 Å². The van der Waals surface area contributed by atoms with Crippen molar-refractivity contribution >= 4 is 28.3 Å². The normalized spacial score (nSPS) is 22.4. The van der Waals surface area contributed by atoms with Gasteiger partial charge in [0, 0.05) is 44.8 Å². The van der Waals surface area contributed by atoms with E-state index in [0.29, 0.717) is 30.5 Å². The SMILES string of the molecule is CCN(CC)S(=O)(=O)c1ccc(C)c(C(=O)N2C[C@H]3CNC[C@H]3C2)c1.Cl. The number of benzene rings is 1. The lowest BCUT2D eigenvalue weighted by atomic mass is 10.0. The number of likely N-dealkylation sites (tertiary alicyclic amines) is 1.